The molecule has 18 heavy (non-hydrogen) atoms. The molecule has 0 spiro atoms. The summed E-state index contributed by atoms with van der Waals surface area (Å²) in [6, 6.07) is 0.143. The van der Waals surface area contributed by atoms with Gasteiger partial charge in [0.15, 0.2) is 0 Å². The fourth-order valence-electron chi connectivity index (χ4n) is 1.68. The summed E-state index contributed by atoms with van der Waals surface area (Å²) in [6.45, 7) is 8.69. The van der Waals surface area contributed by atoms with Crippen molar-refractivity contribution in [3.05, 3.63) is 15.6 Å². The molecule has 2 N–H and O–H groups in total. The maximum atomic E-state index is 12.2. The average molecular weight is 269 g/mol. The van der Waals surface area contributed by atoms with Crippen LogP contribution in [0.2, 0.25) is 0 Å². The van der Waals surface area contributed by atoms with Gasteiger partial charge in [-0.05, 0) is 26.2 Å². The van der Waals surface area contributed by atoms with Gasteiger partial charge in [-0.25, -0.2) is 4.98 Å². The molecule has 0 bridgehead atoms. The van der Waals surface area contributed by atoms with E-state index in [1.165, 1.54) is 11.3 Å². The van der Waals surface area contributed by atoms with Crippen molar-refractivity contribution < 1.29 is 4.79 Å². The van der Waals surface area contributed by atoms with E-state index in [9.17, 15) is 4.79 Å². The van der Waals surface area contributed by atoms with E-state index in [-0.39, 0.29) is 11.9 Å². The molecule has 1 atom stereocenters. The minimum Gasteiger partial charge on any atom is -0.341 e. The third-order valence-corrected chi connectivity index (χ3v) is 4.16. The standard InChI is InChI=1S/C13H23N3OS/c1-8(2)11(14)6-7-16(5)13(17)12-9(3)15-10(4)18-12/h8,11H,6-7,14H2,1-5H3. The zero-order valence-corrected chi connectivity index (χ0v) is 12.7. The summed E-state index contributed by atoms with van der Waals surface area (Å²) < 4.78 is 0. The maximum absolute atomic E-state index is 12.2. The Morgan fingerprint density at radius 1 is 1.44 bits per heavy atom. The maximum Gasteiger partial charge on any atom is 0.265 e. The molecule has 1 aromatic heterocycles. The van der Waals surface area contributed by atoms with Crippen molar-refractivity contribution in [3.8, 4) is 0 Å². The van der Waals surface area contributed by atoms with Gasteiger partial charge in [-0.15, -0.1) is 11.3 Å². The molecular formula is C13H23N3OS. The zero-order chi connectivity index (χ0) is 13.9. The average Bonchev–Trinajstić information content (AvgIpc) is 2.63. The van der Waals surface area contributed by atoms with Crippen LogP contribution < -0.4 is 5.73 Å². The van der Waals surface area contributed by atoms with E-state index in [1.54, 1.807) is 4.90 Å². The number of nitrogens with two attached hydrogens (primary N) is 1. The van der Waals surface area contributed by atoms with Crippen LogP contribution in [0.5, 0.6) is 0 Å². The first-order valence-electron chi connectivity index (χ1n) is 6.28. The number of thiazole rings is 1. The fraction of sp³-hybridized carbons (Fsp3) is 0.692. The normalized spacial score (nSPS) is 12.8. The van der Waals surface area contributed by atoms with E-state index < -0.39 is 0 Å². The molecule has 102 valence electrons. The third kappa shape index (κ3) is 3.78. The van der Waals surface area contributed by atoms with Crippen molar-refractivity contribution in [2.24, 2.45) is 11.7 Å². The van der Waals surface area contributed by atoms with Gasteiger partial charge in [-0.1, -0.05) is 13.8 Å². The lowest BCUT2D eigenvalue weighted by Crippen LogP contribution is -2.34. The molecule has 1 amide bonds. The van der Waals surface area contributed by atoms with Crippen LogP contribution in [-0.2, 0) is 0 Å². The quantitative estimate of drug-likeness (QED) is 0.891. The first-order chi connectivity index (χ1) is 8.32. The molecule has 0 fully saturated rings. The van der Waals surface area contributed by atoms with Crippen LogP contribution in [0.1, 0.15) is 40.6 Å². The van der Waals surface area contributed by atoms with E-state index in [4.69, 9.17) is 5.73 Å². The van der Waals surface area contributed by atoms with Crippen molar-refractivity contribution in [2.45, 2.75) is 40.2 Å². The minimum atomic E-state index is 0.0501. The molecule has 5 heteroatoms. The molecule has 0 radical (unpaired) electrons. The number of aromatic nitrogens is 1. The van der Waals surface area contributed by atoms with Crippen LogP contribution in [0.3, 0.4) is 0 Å². The van der Waals surface area contributed by atoms with Crippen LogP contribution in [0, 0.1) is 19.8 Å². The van der Waals surface area contributed by atoms with Gasteiger partial charge < -0.3 is 10.6 Å². The molecule has 1 aromatic rings. The predicted molar refractivity (Wildman–Crippen MR) is 76.0 cm³/mol. The molecule has 0 aliphatic rings. The van der Waals surface area contributed by atoms with E-state index >= 15 is 0 Å². The van der Waals surface area contributed by atoms with E-state index in [0.717, 1.165) is 22.0 Å². The Morgan fingerprint density at radius 3 is 2.50 bits per heavy atom. The summed E-state index contributed by atoms with van der Waals surface area (Å²) in [4.78, 5) is 19.0. The number of rotatable bonds is 5. The second-order valence-corrected chi connectivity index (χ2v) is 6.27. The molecule has 0 aromatic carbocycles. The monoisotopic (exact) mass is 269 g/mol. The van der Waals surface area contributed by atoms with Gasteiger partial charge in [0.2, 0.25) is 0 Å². The summed E-state index contributed by atoms with van der Waals surface area (Å²) in [6.07, 6.45) is 0.830. The van der Waals surface area contributed by atoms with E-state index in [2.05, 4.69) is 18.8 Å². The number of carbonyl (C=O) groups excluding carboxylic acids is 1. The smallest absolute Gasteiger partial charge is 0.265 e. The van der Waals surface area contributed by atoms with Crippen LogP contribution in [0.4, 0.5) is 0 Å². The van der Waals surface area contributed by atoms with Crippen LogP contribution in [0.15, 0.2) is 0 Å². The Morgan fingerprint density at radius 2 is 2.06 bits per heavy atom. The van der Waals surface area contributed by atoms with Gasteiger partial charge in [0, 0.05) is 19.6 Å². The topological polar surface area (TPSA) is 59.2 Å². The zero-order valence-electron chi connectivity index (χ0n) is 11.9. The lowest BCUT2D eigenvalue weighted by Gasteiger charge is -2.21. The summed E-state index contributed by atoms with van der Waals surface area (Å²) in [7, 11) is 1.82. The van der Waals surface area contributed by atoms with E-state index in [1.807, 2.05) is 20.9 Å². The van der Waals surface area contributed by atoms with Crippen LogP contribution in [0.25, 0.3) is 0 Å². The van der Waals surface area contributed by atoms with Crippen molar-refractivity contribution in [3.63, 3.8) is 0 Å². The Hall–Kier alpha value is -0.940. The Labute approximate surface area is 113 Å². The molecule has 0 saturated carbocycles. The second-order valence-electron chi connectivity index (χ2n) is 5.07. The lowest BCUT2D eigenvalue weighted by atomic mass is 10.0. The highest BCUT2D eigenvalue weighted by molar-refractivity contribution is 7.13. The largest absolute Gasteiger partial charge is 0.341 e. The van der Waals surface area contributed by atoms with Gasteiger partial charge in [0.05, 0.1) is 10.7 Å². The first-order valence-corrected chi connectivity index (χ1v) is 7.09. The summed E-state index contributed by atoms with van der Waals surface area (Å²) >= 11 is 1.46. The second kappa shape index (κ2) is 6.29. The summed E-state index contributed by atoms with van der Waals surface area (Å²) in [5, 5.41) is 0.933. The fourth-order valence-corrected chi connectivity index (χ4v) is 2.60. The SMILES string of the molecule is Cc1nc(C)c(C(=O)N(C)CCC(N)C(C)C)s1. The van der Waals surface area contributed by atoms with Crippen LogP contribution in [-0.4, -0.2) is 35.4 Å². The molecule has 4 nitrogen and oxygen atoms in total. The van der Waals surface area contributed by atoms with Crippen molar-refractivity contribution in [2.75, 3.05) is 13.6 Å². The number of hydrogen-bond acceptors (Lipinski definition) is 4. The van der Waals surface area contributed by atoms with Gasteiger partial charge >= 0.3 is 0 Å². The molecule has 0 aliphatic carbocycles. The highest BCUT2D eigenvalue weighted by Crippen LogP contribution is 2.19. The molecule has 0 aliphatic heterocycles. The third-order valence-electron chi connectivity index (χ3n) is 3.10. The number of nitrogens with zero attached hydrogens (tertiary/aromatic N) is 2. The Kier molecular flexibility index (Phi) is 5.28. The molecule has 0 saturated heterocycles. The van der Waals surface area contributed by atoms with Gasteiger partial charge in [0.1, 0.15) is 4.88 Å². The van der Waals surface area contributed by atoms with Crippen molar-refractivity contribution >= 4 is 17.2 Å². The molecule has 1 unspecified atom stereocenters. The highest BCUT2D eigenvalue weighted by Gasteiger charge is 2.18. The van der Waals surface area contributed by atoms with Gasteiger partial charge in [-0.3, -0.25) is 4.79 Å². The number of amides is 1. The molecule has 1 rings (SSSR count). The van der Waals surface area contributed by atoms with Gasteiger partial charge in [-0.2, -0.15) is 0 Å². The molecular weight excluding hydrogens is 246 g/mol. The summed E-state index contributed by atoms with van der Waals surface area (Å²) in [5.41, 5.74) is 6.81. The Balaban J connectivity index is 2.59. The lowest BCUT2D eigenvalue weighted by molar-refractivity contribution is 0.0793. The van der Waals surface area contributed by atoms with Crippen molar-refractivity contribution in [1.82, 2.24) is 9.88 Å². The number of carbonyl (C=O) groups is 1. The van der Waals surface area contributed by atoms with Crippen molar-refractivity contribution in [1.29, 1.82) is 0 Å². The number of aryl methyl sites for hydroxylation is 2. The van der Waals surface area contributed by atoms with E-state index in [0.29, 0.717) is 12.5 Å². The molecule has 1 heterocycles. The predicted octanol–water partition coefficient (Wildman–Crippen LogP) is 2.21. The minimum absolute atomic E-state index is 0.0501. The first kappa shape index (κ1) is 15.1. The van der Waals surface area contributed by atoms with Crippen LogP contribution >= 0.6 is 11.3 Å². The number of hydrogen-bond donors (Lipinski definition) is 1. The summed E-state index contributed by atoms with van der Waals surface area (Å²) in [5.74, 6) is 0.495. The van der Waals surface area contributed by atoms with Gasteiger partial charge in [0.25, 0.3) is 5.91 Å². The highest BCUT2D eigenvalue weighted by atomic mass is 32.1. The Bertz CT molecular complexity index is 414.